The molecule has 0 saturated heterocycles. The third-order valence-corrected chi connectivity index (χ3v) is 3.22. The summed E-state index contributed by atoms with van der Waals surface area (Å²) in [5, 5.41) is 7.13. The molecule has 4 nitrogen and oxygen atoms in total. The molecule has 0 aromatic heterocycles. The van der Waals surface area contributed by atoms with Crippen LogP contribution in [0, 0.1) is 5.41 Å². The summed E-state index contributed by atoms with van der Waals surface area (Å²) in [4.78, 5) is 8.69. The Labute approximate surface area is 106 Å². The molecular formula is C13H28N4. The smallest absolute Gasteiger partial charge is 0.0867 e. The van der Waals surface area contributed by atoms with Crippen LogP contribution in [0.4, 0.5) is 0 Å². The molecule has 100 valence electrons. The van der Waals surface area contributed by atoms with Gasteiger partial charge >= 0.3 is 0 Å². The van der Waals surface area contributed by atoms with Crippen LogP contribution in [0.2, 0.25) is 0 Å². The average Bonchev–Trinajstić information content (AvgIpc) is 2.25. The van der Waals surface area contributed by atoms with E-state index in [0.717, 1.165) is 38.8 Å². The van der Waals surface area contributed by atoms with E-state index in [-0.39, 0.29) is 5.54 Å². The Hall–Kier alpha value is -0.700. The number of nitrogens with zero attached hydrogens (tertiary/aromatic N) is 3. The van der Waals surface area contributed by atoms with Crippen molar-refractivity contribution in [2.45, 2.75) is 38.1 Å². The Morgan fingerprint density at radius 2 is 1.65 bits per heavy atom. The van der Waals surface area contributed by atoms with Crippen LogP contribution in [-0.4, -0.2) is 62.6 Å². The highest BCUT2D eigenvalue weighted by molar-refractivity contribution is 5.37. The summed E-state index contributed by atoms with van der Waals surface area (Å²) in [6.07, 6.45) is 4.16. The van der Waals surface area contributed by atoms with E-state index in [1.165, 1.54) is 0 Å². The second kappa shape index (κ2) is 8.40. The minimum Gasteiger partial charge on any atom is -0.309 e. The lowest BCUT2D eigenvalue weighted by molar-refractivity contribution is 0.276. The Morgan fingerprint density at radius 3 is 2.06 bits per heavy atom. The first-order valence-corrected chi connectivity index (χ1v) is 6.39. The molecule has 0 radical (unpaired) electrons. The lowest BCUT2D eigenvalue weighted by Gasteiger charge is -2.29. The van der Waals surface area contributed by atoms with Gasteiger partial charge in [0.25, 0.3) is 0 Å². The summed E-state index contributed by atoms with van der Waals surface area (Å²) in [6.45, 7) is 4.25. The van der Waals surface area contributed by atoms with Gasteiger partial charge in [0.15, 0.2) is 0 Å². The van der Waals surface area contributed by atoms with E-state index < -0.39 is 0 Å². The lowest BCUT2D eigenvalue weighted by atomic mass is 9.87. The number of nitrogens with one attached hydrogen (secondary N) is 1. The fraction of sp³-hybridized carbons (Fsp3) is 0.923. The maximum atomic E-state index is 7.13. The highest BCUT2D eigenvalue weighted by Crippen LogP contribution is 2.26. The SMILES string of the molecule is CCC(CCCN(C)C)(CCN(C)C)N=C=N. The van der Waals surface area contributed by atoms with Gasteiger partial charge < -0.3 is 9.80 Å². The van der Waals surface area contributed by atoms with Gasteiger partial charge in [-0.2, -0.15) is 0 Å². The van der Waals surface area contributed by atoms with Crippen LogP contribution in [0.5, 0.6) is 0 Å². The van der Waals surface area contributed by atoms with Crippen LogP contribution in [0.25, 0.3) is 0 Å². The van der Waals surface area contributed by atoms with Crippen molar-refractivity contribution in [3.8, 4) is 0 Å². The zero-order chi connectivity index (χ0) is 13.3. The van der Waals surface area contributed by atoms with Crippen molar-refractivity contribution < 1.29 is 0 Å². The summed E-state index contributed by atoms with van der Waals surface area (Å²) in [7, 11) is 8.34. The molecule has 1 atom stereocenters. The van der Waals surface area contributed by atoms with Crippen molar-refractivity contribution in [3.63, 3.8) is 0 Å². The Balaban J connectivity index is 4.41. The molecule has 0 aromatic carbocycles. The molecule has 0 spiro atoms. The molecule has 0 aliphatic carbocycles. The van der Waals surface area contributed by atoms with Crippen LogP contribution in [-0.2, 0) is 0 Å². The van der Waals surface area contributed by atoms with Gasteiger partial charge in [0.05, 0.1) is 11.5 Å². The minimum absolute atomic E-state index is 0.0813. The molecule has 4 heteroatoms. The van der Waals surface area contributed by atoms with Crippen LogP contribution in [0.3, 0.4) is 0 Å². The molecule has 17 heavy (non-hydrogen) atoms. The summed E-state index contributed by atoms with van der Waals surface area (Å²) in [5.41, 5.74) is -0.0813. The van der Waals surface area contributed by atoms with Crippen molar-refractivity contribution in [1.82, 2.24) is 9.80 Å². The Morgan fingerprint density at radius 1 is 1.06 bits per heavy atom. The molecule has 0 aliphatic heterocycles. The zero-order valence-corrected chi connectivity index (χ0v) is 12.1. The summed E-state index contributed by atoms with van der Waals surface area (Å²) >= 11 is 0. The fourth-order valence-corrected chi connectivity index (χ4v) is 1.94. The van der Waals surface area contributed by atoms with Gasteiger partial charge in [-0.15, -0.1) is 0 Å². The maximum absolute atomic E-state index is 7.13. The molecule has 1 unspecified atom stereocenters. The number of hydrogen-bond acceptors (Lipinski definition) is 4. The molecule has 1 N–H and O–H groups in total. The van der Waals surface area contributed by atoms with E-state index in [0.29, 0.717) is 0 Å². The van der Waals surface area contributed by atoms with Gasteiger partial charge in [0, 0.05) is 0 Å². The van der Waals surface area contributed by atoms with Gasteiger partial charge in [-0.05, 0) is 67.0 Å². The predicted molar refractivity (Wildman–Crippen MR) is 74.1 cm³/mol. The summed E-state index contributed by atoms with van der Waals surface area (Å²) in [5.74, 6) is 0. The Bertz CT molecular complexity index is 244. The molecule has 0 aromatic rings. The van der Waals surface area contributed by atoms with Gasteiger partial charge in [0.1, 0.15) is 0 Å². The second-order valence-corrected chi connectivity index (χ2v) is 5.26. The molecule has 0 heterocycles. The van der Waals surface area contributed by atoms with Crippen LogP contribution >= 0.6 is 0 Å². The van der Waals surface area contributed by atoms with Crippen molar-refractivity contribution >= 4 is 6.01 Å². The highest BCUT2D eigenvalue weighted by Gasteiger charge is 2.26. The Kier molecular flexibility index (Phi) is 8.05. The van der Waals surface area contributed by atoms with Crippen LogP contribution in [0.1, 0.15) is 32.6 Å². The summed E-state index contributed by atoms with van der Waals surface area (Å²) in [6, 6.07) is 2.26. The number of hydrogen-bond donors (Lipinski definition) is 1. The van der Waals surface area contributed by atoms with E-state index in [1.807, 2.05) is 0 Å². The van der Waals surface area contributed by atoms with E-state index in [9.17, 15) is 0 Å². The fourth-order valence-electron chi connectivity index (χ4n) is 1.94. The van der Waals surface area contributed by atoms with Gasteiger partial charge in [-0.1, -0.05) is 6.92 Å². The molecule has 0 aliphatic rings. The number of aliphatic imine (C=N–C) groups is 1. The van der Waals surface area contributed by atoms with Crippen molar-refractivity contribution in [2.24, 2.45) is 4.99 Å². The summed E-state index contributed by atoms with van der Waals surface area (Å²) < 4.78 is 0. The molecular weight excluding hydrogens is 212 g/mol. The van der Waals surface area contributed by atoms with Crippen molar-refractivity contribution in [3.05, 3.63) is 0 Å². The third kappa shape index (κ3) is 7.27. The first-order chi connectivity index (χ1) is 7.95. The quantitative estimate of drug-likeness (QED) is 0.628. The normalized spacial score (nSPS) is 14.8. The molecule has 0 bridgehead atoms. The zero-order valence-electron chi connectivity index (χ0n) is 12.1. The van der Waals surface area contributed by atoms with Gasteiger partial charge in [-0.3, -0.25) is 0 Å². The predicted octanol–water partition coefficient (Wildman–Crippen LogP) is 2.18. The minimum atomic E-state index is -0.0813. The largest absolute Gasteiger partial charge is 0.309 e. The molecule has 0 rings (SSSR count). The molecule has 0 amide bonds. The van der Waals surface area contributed by atoms with Crippen LogP contribution in [0.15, 0.2) is 4.99 Å². The van der Waals surface area contributed by atoms with Crippen molar-refractivity contribution in [2.75, 3.05) is 41.3 Å². The topological polar surface area (TPSA) is 42.7 Å². The van der Waals surface area contributed by atoms with Crippen molar-refractivity contribution in [1.29, 1.82) is 5.41 Å². The molecule has 0 fully saturated rings. The number of rotatable bonds is 9. The van der Waals surface area contributed by atoms with E-state index >= 15 is 0 Å². The first-order valence-electron chi connectivity index (χ1n) is 6.39. The third-order valence-electron chi connectivity index (χ3n) is 3.22. The average molecular weight is 240 g/mol. The van der Waals surface area contributed by atoms with E-state index in [4.69, 9.17) is 5.41 Å². The van der Waals surface area contributed by atoms with Gasteiger partial charge in [-0.25, -0.2) is 10.4 Å². The molecule has 0 saturated carbocycles. The first kappa shape index (κ1) is 16.3. The van der Waals surface area contributed by atoms with E-state index in [2.05, 4.69) is 55.9 Å². The van der Waals surface area contributed by atoms with Gasteiger partial charge in [0.2, 0.25) is 0 Å². The van der Waals surface area contributed by atoms with E-state index in [1.54, 1.807) is 0 Å². The maximum Gasteiger partial charge on any atom is 0.0867 e. The monoisotopic (exact) mass is 240 g/mol. The van der Waals surface area contributed by atoms with Crippen LogP contribution < -0.4 is 0 Å². The lowest BCUT2D eigenvalue weighted by Crippen LogP contribution is -2.31. The standard InChI is InChI=1S/C13H28N4/c1-6-13(15-12-14,9-11-17(4)5)8-7-10-16(2)3/h14H,6-11H2,1-5H3. The highest BCUT2D eigenvalue weighted by atomic mass is 15.1. The second-order valence-electron chi connectivity index (χ2n) is 5.26.